The van der Waals surface area contributed by atoms with Gasteiger partial charge in [-0.25, -0.2) is 4.98 Å². The fraction of sp³-hybridized carbons (Fsp3) is 0.200. The highest BCUT2D eigenvalue weighted by molar-refractivity contribution is 8.00. The predicted octanol–water partition coefficient (Wildman–Crippen LogP) is 4.06. The number of aromatic nitrogens is 2. The van der Waals surface area contributed by atoms with Crippen molar-refractivity contribution < 1.29 is 9.53 Å². The molecule has 6 heteroatoms. The summed E-state index contributed by atoms with van der Waals surface area (Å²) in [5, 5.41) is 3.44. The first-order chi connectivity index (χ1) is 12.7. The van der Waals surface area contributed by atoms with E-state index in [1.807, 2.05) is 60.2 Å². The molecule has 0 spiro atoms. The van der Waals surface area contributed by atoms with Gasteiger partial charge in [-0.15, -0.1) is 0 Å². The Kier molecular flexibility index (Phi) is 5.96. The summed E-state index contributed by atoms with van der Waals surface area (Å²) < 4.78 is 7.33. The second kappa shape index (κ2) is 8.58. The van der Waals surface area contributed by atoms with Gasteiger partial charge >= 0.3 is 0 Å². The van der Waals surface area contributed by atoms with Crippen molar-refractivity contribution in [2.75, 3.05) is 12.4 Å². The smallest absolute Gasteiger partial charge is 0.237 e. The molecule has 5 nitrogen and oxygen atoms in total. The first-order valence-corrected chi connectivity index (χ1v) is 9.21. The van der Waals surface area contributed by atoms with Crippen LogP contribution in [0.4, 0.5) is 5.69 Å². The monoisotopic (exact) mass is 367 g/mol. The number of imidazole rings is 1. The van der Waals surface area contributed by atoms with Crippen molar-refractivity contribution in [3.63, 3.8) is 0 Å². The van der Waals surface area contributed by atoms with E-state index in [0.717, 1.165) is 11.7 Å². The lowest BCUT2D eigenvalue weighted by Gasteiger charge is -2.14. The summed E-state index contributed by atoms with van der Waals surface area (Å²) >= 11 is 1.44. The Balaban J connectivity index is 1.65. The van der Waals surface area contributed by atoms with Crippen LogP contribution in [0.3, 0.4) is 0 Å². The average molecular weight is 367 g/mol. The normalized spacial score (nSPS) is 11.8. The van der Waals surface area contributed by atoms with E-state index >= 15 is 0 Å². The zero-order valence-electron chi connectivity index (χ0n) is 14.8. The molecule has 0 radical (unpaired) electrons. The zero-order valence-corrected chi connectivity index (χ0v) is 15.6. The van der Waals surface area contributed by atoms with Crippen molar-refractivity contribution in [3.05, 3.63) is 72.6 Å². The third kappa shape index (κ3) is 4.46. The van der Waals surface area contributed by atoms with Crippen LogP contribution in [0.2, 0.25) is 0 Å². The van der Waals surface area contributed by atoms with Crippen LogP contribution in [0.25, 0.3) is 0 Å². The number of rotatable bonds is 7. The zero-order chi connectivity index (χ0) is 18.4. The molecule has 1 aromatic heterocycles. The molecule has 1 atom stereocenters. The first kappa shape index (κ1) is 18.1. The van der Waals surface area contributed by atoms with Gasteiger partial charge in [-0.05, 0) is 24.6 Å². The molecule has 0 saturated heterocycles. The number of thioether (sulfide) groups is 1. The van der Waals surface area contributed by atoms with E-state index in [-0.39, 0.29) is 11.2 Å². The SMILES string of the molecule is COc1ccccc1NC(=O)C(C)Sc1nccn1Cc1ccccc1. The molecule has 0 aliphatic rings. The van der Waals surface area contributed by atoms with Gasteiger partial charge in [-0.3, -0.25) is 4.79 Å². The Hall–Kier alpha value is -2.73. The number of nitrogens with one attached hydrogen (secondary N) is 1. The highest BCUT2D eigenvalue weighted by atomic mass is 32.2. The number of methoxy groups -OCH3 is 1. The summed E-state index contributed by atoms with van der Waals surface area (Å²) in [7, 11) is 1.59. The molecule has 1 heterocycles. The van der Waals surface area contributed by atoms with Crippen LogP contribution in [-0.4, -0.2) is 27.8 Å². The topological polar surface area (TPSA) is 56.1 Å². The van der Waals surface area contributed by atoms with Gasteiger partial charge in [0.25, 0.3) is 0 Å². The lowest BCUT2D eigenvalue weighted by Crippen LogP contribution is -2.23. The van der Waals surface area contributed by atoms with E-state index in [1.165, 1.54) is 17.3 Å². The summed E-state index contributed by atoms with van der Waals surface area (Å²) in [5.41, 5.74) is 1.86. The van der Waals surface area contributed by atoms with Crippen LogP contribution < -0.4 is 10.1 Å². The van der Waals surface area contributed by atoms with Crippen LogP contribution in [0.15, 0.2) is 72.1 Å². The van der Waals surface area contributed by atoms with Crippen LogP contribution in [0.5, 0.6) is 5.75 Å². The van der Waals surface area contributed by atoms with Gasteiger partial charge in [0.15, 0.2) is 5.16 Å². The largest absolute Gasteiger partial charge is 0.495 e. The second-order valence-electron chi connectivity index (χ2n) is 5.77. The van der Waals surface area contributed by atoms with Crippen molar-refractivity contribution in [2.24, 2.45) is 0 Å². The molecule has 1 N–H and O–H groups in total. The fourth-order valence-electron chi connectivity index (χ4n) is 2.51. The van der Waals surface area contributed by atoms with Crippen molar-refractivity contribution in [1.29, 1.82) is 0 Å². The molecule has 0 aliphatic carbocycles. The van der Waals surface area contributed by atoms with Crippen molar-refractivity contribution in [1.82, 2.24) is 9.55 Å². The van der Waals surface area contributed by atoms with Crippen molar-refractivity contribution in [2.45, 2.75) is 23.9 Å². The van der Waals surface area contributed by atoms with E-state index in [1.54, 1.807) is 13.3 Å². The standard InChI is InChI=1S/C20H21N3O2S/c1-15(19(24)22-17-10-6-7-11-18(17)25-2)26-20-21-12-13-23(20)14-16-8-4-3-5-9-16/h3-13,15H,14H2,1-2H3,(H,22,24). The molecule has 1 unspecified atom stereocenters. The van der Waals surface area contributed by atoms with Crippen molar-refractivity contribution in [3.8, 4) is 5.75 Å². The molecule has 3 aromatic rings. The minimum atomic E-state index is -0.295. The number of carbonyl (C=O) groups is 1. The lowest BCUT2D eigenvalue weighted by atomic mass is 10.2. The van der Waals surface area contributed by atoms with Crippen LogP contribution in [0, 0.1) is 0 Å². The fourth-order valence-corrected chi connectivity index (χ4v) is 3.37. The number of carbonyl (C=O) groups excluding carboxylic acids is 1. The Morgan fingerprint density at radius 3 is 2.69 bits per heavy atom. The second-order valence-corrected chi connectivity index (χ2v) is 7.08. The quantitative estimate of drug-likeness (QED) is 0.640. The predicted molar refractivity (Wildman–Crippen MR) is 105 cm³/mol. The van der Waals surface area contributed by atoms with Gasteiger partial charge < -0.3 is 14.6 Å². The Labute approximate surface area is 157 Å². The lowest BCUT2D eigenvalue weighted by molar-refractivity contribution is -0.115. The summed E-state index contributed by atoms with van der Waals surface area (Å²) in [4.78, 5) is 16.9. The van der Waals surface area contributed by atoms with E-state index in [2.05, 4.69) is 22.4 Å². The number of amides is 1. The third-order valence-corrected chi connectivity index (χ3v) is 5.01. The number of ether oxygens (including phenoxy) is 1. The molecule has 26 heavy (non-hydrogen) atoms. The van der Waals surface area contributed by atoms with Crippen LogP contribution in [-0.2, 0) is 11.3 Å². The summed E-state index contributed by atoms with van der Waals surface area (Å²) in [6, 6.07) is 17.6. The average Bonchev–Trinajstić information content (AvgIpc) is 3.09. The van der Waals surface area contributed by atoms with E-state index in [0.29, 0.717) is 11.4 Å². The molecule has 1 amide bonds. The van der Waals surface area contributed by atoms with Crippen molar-refractivity contribution >= 4 is 23.4 Å². The molecule has 3 rings (SSSR count). The molecular formula is C20H21N3O2S. The molecule has 0 saturated carbocycles. The highest BCUT2D eigenvalue weighted by Gasteiger charge is 2.18. The number of benzene rings is 2. The summed E-state index contributed by atoms with van der Waals surface area (Å²) in [6.07, 6.45) is 3.69. The van der Waals surface area contributed by atoms with E-state index in [9.17, 15) is 4.79 Å². The van der Waals surface area contributed by atoms with E-state index in [4.69, 9.17) is 4.74 Å². The maximum Gasteiger partial charge on any atom is 0.237 e. The number of hydrogen-bond acceptors (Lipinski definition) is 4. The first-order valence-electron chi connectivity index (χ1n) is 8.33. The number of hydrogen-bond donors (Lipinski definition) is 1. The molecular weight excluding hydrogens is 346 g/mol. The third-order valence-electron chi connectivity index (χ3n) is 3.89. The van der Waals surface area contributed by atoms with Gasteiger partial charge in [0.1, 0.15) is 5.75 Å². The Morgan fingerprint density at radius 1 is 1.19 bits per heavy atom. The molecule has 0 bridgehead atoms. The van der Waals surface area contributed by atoms with Gasteiger partial charge in [-0.2, -0.15) is 0 Å². The molecule has 134 valence electrons. The van der Waals surface area contributed by atoms with Gasteiger partial charge in [-0.1, -0.05) is 54.2 Å². The Morgan fingerprint density at radius 2 is 1.92 bits per heavy atom. The maximum atomic E-state index is 12.6. The minimum Gasteiger partial charge on any atom is -0.495 e. The van der Waals surface area contributed by atoms with E-state index < -0.39 is 0 Å². The van der Waals surface area contributed by atoms with Gasteiger partial charge in [0.05, 0.1) is 18.0 Å². The van der Waals surface area contributed by atoms with Gasteiger partial charge in [0.2, 0.25) is 5.91 Å². The molecule has 2 aromatic carbocycles. The van der Waals surface area contributed by atoms with Crippen LogP contribution >= 0.6 is 11.8 Å². The maximum absolute atomic E-state index is 12.6. The number of nitrogens with zero attached hydrogens (tertiary/aromatic N) is 2. The number of anilines is 1. The summed E-state index contributed by atoms with van der Waals surface area (Å²) in [5.74, 6) is 0.553. The molecule has 0 aliphatic heterocycles. The summed E-state index contributed by atoms with van der Waals surface area (Å²) in [6.45, 7) is 2.60. The van der Waals surface area contributed by atoms with Crippen LogP contribution in [0.1, 0.15) is 12.5 Å². The Bertz CT molecular complexity index is 864. The highest BCUT2D eigenvalue weighted by Crippen LogP contribution is 2.26. The molecule has 0 fully saturated rings. The number of para-hydroxylation sites is 2. The minimum absolute atomic E-state index is 0.0891. The van der Waals surface area contributed by atoms with Gasteiger partial charge in [0, 0.05) is 18.9 Å².